The van der Waals surface area contributed by atoms with E-state index in [2.05, 4.69) is 27.8 Å². The van der Waals surface area contributed by atoms with Crippen LogP contribution in [0, 0.1) is 23.2 Å². The zero-order chi connectivity index (χ0) is 37.1. The van der Waals surface area contributed by atoms with Crippen molar-refractivity contribution in [2.24, 2.45) is 23.2 Å². The maximum Gasteiger partial charge on any atom is 0.408 e. The van der Waals surface area contributed by atoms with Gasteiger partial charge in [-0.25, -0.2) is 4.79 Å². The van der Waals surface area contributed by atoms with E-state index < -0.39 is 65.8 Å². The van der Waals surface area contributed by atoms with Crippen LogP contribution in [0.5, 0.6) is 0 Å². The average molecular weight is 700 g/mol. The van der Waals surface area contributed by atoms with Crippen molar-refractivity contribution in [1.29, 1.82) is 0 Å². The molecule has 3 aliphatic rings. The van der Waals surface area contributed by atoms with Gasteiger partial charge in [0, 0.05) is 13.1 Å². The number of fused-ring (bicyclic) bond motifs is 2. The standard InChI is InChI=1S/C39H49N5O7/c1-7-13-28(33(46)35(48)41-21-29(45)40-20-23-14-9-8-10-15-23)42-34(47)32-30-27(39(30,5)6)22-44(32)36(49)31(43-37(50)51-38(2,3)4)26-18-24-16-11-12-17-25(24)19-26/h7-12,14-17,26-28,30-32H,1,13,18-22H2,2-6H3,(H,40,45)(H,41,48)(H,42,47)(H,43,50)/t27?,28?,30?,31?,32-/m0/s1. The number of hydrogen-bond donors (Lipinski definition) is 4. The van der Waals surface area contributed by atoms with Gasteiger partial charge in [-0.3, -0.25) is 24.0 Å². The van der Waals surface area contributed by atoms with Crippen LogP contribution in [0.25, 0.3) is 0 Å². The molecule has 12 heteroatoms. The number of amides is 5. The Morgan fingerprint density at radius 3 is 2.18 bits per heavy atom. The Bertz CT molecular complexity index is 1660. The van der Waals surface area contributed by atoms with E-state index in [0.717, 1.165) is 16.7 Å². The van der Waals surface area contributed by atoms with E-state index >= 15 is 0 Å². The highest BCUT2D eigenvalue weighted by molar-refractivity contribution is 6.38. The van der Waals surface area contributed by atoms with Crippen LogP contribution in [0.2, 0.25) is 0 Å². The number of ether oxygens (including phenoxy) is 1. The summed E-state index contributed by atoms with van der Waals surface area (Å²) in [5, 5.41) is 10.6. The number of carbonyl (C=O) groups is 6. The van der Waals surface area contributed by atoms with Gasteiger partial charge in [0.15, 0.2) is 0 Å². The van der Waals surface area contributed by atoms with Gasteiger partial charge in [0.2, 0.25) is 23.5 Å². The molecule has 0 radical (unpaired) electrons. The van der Waals surface area contributed by atoms with Crippen molar-refractivity contribution >= 4 is 35.5 Å². The van der Waals surface area contributed by atoms with E-state index in [1.807, 2.05) is 68.4 Å². The third-order valence-corrected chi connectivity index (χ3v) is 10.3. The molecule has 5 atom stereocenters. The van der Waals surface area contributed by atoms with Gasteiger partial charge < -0.3 is 30.9 Å². The number of nitrogens with one attached hydrogen (secondary N) is 4. The lowest BCUT2D eigenvalue weighted by Crippen LogP contribution is -2.60. The summed E-state index contributed by atoms with van der Waals surface area (Å²) in [7, 11) is 0. The fraction of sp³-hybridized carbons (Fsp3) is 0.487. The van der Waals surface area contributed by atoms with E-state index in [9.17, 15) is 28.8 Å². The van der Waals surface area contributed by atoms with Gasteiger partial charge in [-0.2, -0.15) is 0 Å². The van der Waals surface area contributed by atoms with Gasteiger partial charge in [-0.1, -0.05) is 74.5 Å². The van der Waals surface area contributed by atoms with E-state index in [1.54, 1.807) is 20.8 Å². The molecule has 1 aliphatic heterocycles. The Kier molecular flexibility index (Phi) is 11.0. The summed E-state index contributed by atoms with van der Waals surface area (Å²) < 4.78 is 5.54. The maximum absolute atomic E-state index is 14.5. The Morgan fingerprint density at radius 2 is 1.57 bits per heavy atom. The quantitative estimate of drug-likeness (QED) is 0.185. The van der Waals surface area contributed by atoms with Gasteiger partial charge >= 0.3 is 6.09 Å². The molecule has 272 valence electrons. The highest BCUT2D eigenvalue weighted by atomic mass is 16.6. The molecule has 4 unspecified atom stereocenters. The Balaban J connectivity index is 1.28. The SMILES string of the molecule is C=CCC(NC(=O)[C@@H]1C2C(CN1C(=O)C(NC(=O)OC(C)(C)C)C1Cc3ccccc3C1)C2(C)C)C(=O)C(=O)NCC(=O)NCc1ccccc1. The monoisotopic (exact) mass is 699 g/mol. The molecule has 1 saturated carbocycles. The number of benzene rings is 2. The summed E-state index contributed by atoms with van der Waals surface area (Å²) >= 11 is 0. The van der Waals surface area contributed by atoms with Gasteiger partial charge in [0.25, 0.3) is 5.91 Å². The minimum Gasteiger partial charge on any atom is -0.444 e. The first-order valence-electron chi connectivity index (χ1n) is 17.5. The maximum atomic E-state index is 14.5. The van der Waals surface area contributed by atoms with E-state index in [4.69, 9.17) is 4.74 Å². The van der Waals surface area contributed by atoms with Crippen molar-refractivity contribution in [1.82, 2.24) is 26.2 Å². The lowest BCUT2D eigenvalue weighted by molar-refractivity contribution is -0.144. The normalized spacial score (nSPS) is 21.3. The lowest BCUT2D eigenvalue weighted by Gasteiger charge is -2.35. The van der Waals surface area contributed by atoms with Crippen LogP contribution in [-0.2, 0) is 48.1 Å². The fourth-order valence-corrected chi connectivity index (χ4v) is 7.56. The van der Waals surface area contributed by atoms with Gasteiger partial charge in [0.05, 0.1) is 6.54 Å². The predicted molar refractivity (Wildman–Crippen MR) is 190 cm³/mol. The van der Waals surface area contributed by atoms with Crippen LogP contribution in [-0.4, -0.2) is 77.2 Å². The number of rotatable bonds is 13. The summed E-state index contributed by atoms with van der Waals surface area (Å²) in [6, 6.07) is 14.0. The second-order valence-corrected chi connectivity index (χ2v) is 15.3. The van der Waals surface area contributed by atoms with Gasteiger partial charge in [-0.05, 0) is 79.9 Å². The lowest BCUT2D eigenvalue weighted by atomic mass is 9.93. The number of hydrogen-bond acceptors (Lipinski definition) is 7. The molecule has 0 bridgehead atoms. The molecule has 12 nitrogen and oxygen atoms in total. The van der Waals surface area contributed by atoms with Gasteiger partial charge in [-0.15, -0.1) is 6.58 Å². The summed E-state index contributed by atoms with van der Waals surface area (Å²) in [6.45, 7) is 13.1. The van der Waals surface area contributed by atoms with Crippen molar-refractivity contribution in [3.05, 3.63) is 83.9 Å². The molecule has 51 heavy (non-hydrogen) atoms. The van der Waals surface area contributed by atoms with Crippen LogP contribution in [0.15, 0.2) is 67.3 Å². The topological polar surface area (TPSA) is 163 Å². The Hall–Kier alpha value is -5.00. The first-order valence-corrected chi connectivity index (χ1v) is 17.5. The number of likely N-dealkylation sites (tertiary alicyclic amines) is 1. The van der Waals surface area contributed by atoms with Crippen LogP contribution in [0.3, 0.4) is 0 Å². The number of Topliss-reactive ketones (excluding diaryl/α,β-unsaturated/α-hetero) is 1. The van der Waals surface area contributed by atoms with Crippen LogP contribution in [0.1, 0.15) is 57.7 Å². The number of ketones is 1. The molecule has 0 aromatic heterocycles. The smallest absolute Gasteiger partial charge is 0.408 e. The largest absolute Gasteiger partial charge is 0.444 e. The zero-order valence-electron chi connectivity index (χ0n) is 30.0. The minimum atomic E-state index is -1.26. The third-order valence-electron chi connectivity index (χ3n) is 10.3. The minimum absolute atomic E-state index is 0.0337. The first kappa shape index (κ1) is 37.3. The Morgan fingerprint density at radius 1 is 0.941 bits per heavy atom. The second kappa shape index (κ2) is 15.1. The molecule has 2 aliphatic carbocycles. The number of carbonyl (C=O) groups excluding carboxylic acids is 6. The highest BCUT2D eigenvalue weighted by Gasteiger charge is 2.69. The molecule has 4 N–H and O–H groups in total. The average Bonchev–Trinajstić information content (AvgIpc) is 3.43. The fourth-order valence-electron chi connectivity index (χ4n) is 7.56. The second-order valence-electron chi connectivity index (χ2n) is 15.3. The molecular formula is C39H49N5O7. The number of nitrogens with zero attached hydrogens (tertiary/aromatic N) is 1. The molecule has 2 fully saturated rings. The summed E-state index contributed by atoms with van der Waals surface area (Å²) in [5.74, 6) is -3.82. The summed E-state index contributed by atoms with van der Waals surface area (Å²) in [6.07, 6.45) is 1.79. The molecule has 1 heterocycles. The molecule has 1 saturated heterocycles. The van der Waals surface area contributed by atoms with E-state index in [-0.39, 0.29) is 36.1 Å². The van der Waals surface area contributed by atoms with Crippen molar-refractivity contribution in [3.63, 3.8) is 0 Å². The van der Waals surface area contributed by atoms with Crippen molar-refractivity contribution in [2.75, 3.05) is 13.1 Å². The number of alkyl carbamates (subject to hydrolysis) is 1. The summed E-state index contributed by atoms with van der Waals surface area (Å²) in [4.78, 5) is 81.7. The molecule has 5 rings (SSSR count). The predicted octanol–water partition coefficient (Wildman–Crippen LogP) is 2.84. The van der Waals surface area contributed by atoms with Crippen molar-refractivity contribution in [3.8, 4) is 0 Å². The van der Waals surface area contributed by atoms with Crippen LogP contribution >= 0.6 is 0 Å². The summed E-state index contributed by atoms with van der Waals surface area (Å²) in [5.41, 5.74) is 2.05. The molecule has 2 aromatic rings. The highest BCUT2D eigenvalue weighted by Crippen LogP contribution is 2.65. The Labute approximate surface area is 299 Å². The van der Waals surface area contributed by atoms with Gasteiger partial charge in [0.1, 0.15) is 23.7 Å². The van der Waals surface area contributed by atoms with Crippen LogP contribution in [0.4, 0.5) is 4.79 Å². The van der Waals surface area contributed by atoms with E-state index in [0.29, 0.717) is 19.4 Å². The van der Waals surface area contributed by atoms with Crippen LogP contribution < -0.4 is 21.3 Å². The van der Waals surface area contributed by atoms with E-state index in [1.165, 1.54) is 11.0 Å². The first-order chi connectivity index (χ1) is 24.1. The molecule has 2 aromatic carbocycles. The van der Waals surface area contributed by atoms with Crippen molar-refractivity contribution in [2.45, 2.75) is 84.2 Å². The zero-order valence-corrected chi connectivity index (χ0v) is 30.0. The third kappa shape index (κ3) is 8.66. The molecule has 5 amide bonds. The molecular weight excluding hydrogens is 650 g/mol. The number of piperidine rings is 1. The van der Waals surface area contributed by atoms with Crippen molar-refractivity contribution < 1.29 is 33.5 Å². The molecule has 0 spiro atoms.